The Morgan fingerprint density at radius 3 is 1.93 bits per heavy atom. The first kappa shape index (κ1) is 10.3. The molecule has 2 heteroatoms. The lowest BCUT2D eigenvalue weighted by Crippen LogP contribution is -2.38. The second-order valence-electron chi connectivity index (χ2n) is 3.68. The van der Waals surface area contributed by atoms with Crippen molar-refractivity contribution in [3.05, 3.63) is 59.6 Å². The molecule has 0 aliphatic rings. The second-order valence-corrected chi connectivity index (χ2v) is 4.12. The Bertz CT molecular complexity index is 422. The van der Waals surface area contributed by atoms with Crippen LogP contribution in [0, 0.1) is 0 Å². The van der Waals surface area contributed by atoms with Crippen LogP contribution in [0.1, 0.15) is 0 Å². The molecule has 0 aromatic heterocycles. The summed E-state index contributed by atoms with van der Waals surface area (Å²) >= 11 is 5.86. The summed E-state index contributed by atoms with van der Waals surface area (Å²) in [6.07, 6.45) is 0. The van der Waals surface area contributed by atoms with Crippen LogP contribution in [0.2, 0.25) is 11.8 Å². The molecule has 0 aliphatic heterocycles. The van der Waals surface area contributed by atoms with Gasteiger partial charge in [-0.05, 0) is 12.1 Å². The highest BCUT2D eigenvalue weighted by Gasteiger charge is 2.11. The van der Waals surface area contributed by atoms with Crippen LogP contribution in [0.4, 0.5) is 0 Å². The first-order valence-corrected chi connectivity index (χ1v) is 5.45. The van der Waals surface area contributed by atoms with E-state index in [4.69, 9.17) is 11.6 Å². The van der Waals surface area contributed by atoms with Crippen molar-refractivity contribution in [3.63, 3.8) is 0 Å². The predicted molar refractivity (Wildman–Crippen MR) is 68.8 cm³/mol. The number of hydrogen-bond acceptors (Lipinski definition) is 0. The van der Waals surface area contributed by atoms with Crippen LogP contribution in [-0.4, -0.2) is 6.71 Å². The zero-order valence-electron chi connectivity index (χ0n) is 8.65. The largest absolute Gasteiger partial charge is 0.206 e. The summed E-state index contributed by atoms with van der Waals surface area (Å²) in [7, 11) is 0. The number of rotatable bonds is 2. The van der Waals surface area contributed by atoms with E-state index in [0.29, 0.717) is 6.71 Å². The van der Waals surface area contributed by atoms with E-state index in [2.05, 4.69) is 43.2 Å². The fourth-order valence-electron chi connectivity index (χ4n) is 1.69. The van der Waals surface area contributed by atoms with Gasteiger partial charge in [0, 0.05) is 5.02 Å². The van der Waals surface area contributed by atoms with Gasteiger partial charge in [-0.1, -0.05) is 71.8 Å². The molecular weight excluding hydrogens is 202 g/mol. The molecule has 2 aromatic carbocycles. The summed E-state index contributed by atoms with van der Waals surface area (Å²) in [4.78, 5) is 0. The molecule has 0 nitrogen and oxygen atoms in total. The Morgan fingerprint density at radius 1 is 0.800 bits per heavy atom. The predicted octanol–water partition coefficient (Wildman–Crippen LogP) is 2.58. The molecule has 0 radical (unpaired) electrons. The molecule has 0 fully saturated rings. The molecule has 0 spiro atoms. The van der Waals surface area contributed by atoms with Gasteiger partial charge in [0.1, 0.15) is 0 Å². The minimum atomic E-state index is 0.420. The minimum Gasteiger partial charge on any atom is -0.0843 e. The molecule has 0 heterocycles. The molecule has 15 heavy (non-hydrogen) atoms. The molecule has 0 unspecified atom stereocenters. The van der Waals surface area contributed by atoms with Crippen molar-refractivity contribution in [1.29, 1.82) is 0 Å². The average Bonchev–Trinajstić information content (AvgIpc) is 2.30. The third-order valence-electron chi connectivity index (χ3n) is 2.67. The van der Waals surface area contributed by atoms with Gasteiger partial charge in [-0.25, -0.2) is 0 Å². The molecule has 2 aromatic rings. The normalized spacial score (nSPS) is 10.0. The third kappa shape index (κ3) is 2.43. The van der Waals surface area contributed by atoms with Gasteiger partial charge in [0.05, 0.1) is 0 Å². The smallest absolute Gasteiger partial charge is 0.0843 e. The van der Waals surface area contributed by atoms with Crippen LogP contribution in [0.5, 0.6) is 0 Å². The van der Waals surface area contributed by atoms with Crippen LogP contribution in [0.15, 0.2) is 54.6 Å². The quantitative estimate of drug-likeness (QED) is 0.674. The molecule has 0 bridgehead atoms. The average molecular weight is 215 g/mol. The summed E-state index contributed by atoms with van der Waals surface area (Å²) in [5, 5.41) is 0.791. The summed E-state index contributed by atoms with van der Waals surface area (Å²) in [5.41, 5.74) is 2.63. The van der Waals surface area contributed by atoms with E-state index in [0.717, 1.165) is 5.02 Å². The maximum Gasteiger partial charge on any atom is 0.206 e. The standard InChI is InChI=1S/C13H12BCl/c1-14(11-5-3-2-4-6-11)12-7-9-13(15)10-8-12/h2-10H,1H3. The first-order chi connectivity index (χ1) is 7.27. The van der Waals surface area contributed by atoms with Crippen molar-refractivity contribution >= 4 is 29.2 Å². The van der Waals surface area contributed by atoms with E-state index in [9.17, 15) is 0 Å². The Hall–Kier alpha value is -1.21. The zero-order chi connectivity index (χ0) is 10.7. The number of hydrogen-bond donors (Lipinski definition) is 0. The Kier molecular flexibility index (Phi) is 3.12. The van der Waals surface area contributed by atoms with Crippen molar-refractivity contribution in [2.45, 2.75) is 6.82 Å². The van der Waals surface area contributed by atoms with Gasteiger partial charge < -0.3 is 0 Å². The summed E-state index contributed by atoms with van der Waals surface area (Å²) in [6, 6.07) is 18.5. The Balaban J connectivity index is 2.29. The van der Waals surface area contributed by atoms with Gasteiger partial charge in [0.2, 0.25) is 6.71 Å². The van der Waals surface area contributed by atoms with E-state index in [1.165, 1.54) is 10.9 Å². The van der Waals surface area contributed by atoms with E-state index in [1.807, 2.05) is 18.2 Å². The highest BCUT2D eigenvalue weighted by atomic mass is 35.5. The highest BCUT2D eigenvalue weighted by molar-refractivity contribution is 6.84. The molecule has 0 atom stereocenters. The fourth-order valence-corrected chi connectivity index (χ4v) is 1.81. The molecule has 2 rings (SSSR count). The lowest BCUT2D eigenvalue weighted by Gasteiger charge is -2.08. The molecule has 0 amide bonds. The van der Waals surface area contributed by atoms with Crippen molar-refractivity contribution in [3.8, 4) is 0 Å². The van der Waals surface area contributed by atoms with Gasteiger partial charge >= 0.3 is 0 Å². The van der Waals surface area contributed by atoms with Crippen LogP contribution in [-0.2, 0) is 0 Å². The van der Waals surface area contributed by atoms with Gasteiger partial charge in [0.15, 0.2) is 0 Å². The second kappa shape index (κ2) is 4.54. The number of benzene rings is 2. The van der Waals surface area contributed by atoms with Gasteiger partial charge in [-0.3, -0.25) is 0 Å². The molecule has 0 saturated heterocycles. The van der Waals surface area contributed by atoms with Crippen molar-refractivity contribution in [2.75, 3.05) is 0 Å². The van der Waals surface area contributed by atoms with Crippen LogP contribution >= 0.6 is 11.6 Å². The highest BCUT2D eigenvalue weighted by Crippen LogP contribution is 2.04. The van der Waals surface area contributed by atoms with E-state index >= 15 is 0 Å². The van der Waals surface area contributed by atoms with Crippen LogP contribution in [0.25, 0.3) is 0 Å². The third-order valence-corrected chi connectivity index (χ3v) is 2.92. The van der Waals surface area contributed by atoms with E-state index < -0.39 is 0 Å². The molecule has 0 saturated carbocycles. The molecule has 0 N–H and O–H groups in total. The van der Waals surface area contributed by atoms with E-state index in [1.54, 1.807) is 0 Å². The molecule has 0 aliphatic carbocycles. The van der Waals surface area contributed by atoms with Gasteiger partial charge in [-0.2, -0.15) is 0 Å². The maximum absolute atomic E-state index is 5.86. The molecule has 74 valence electrons. The summed E-state index contributed by atoms with van der Waals surface area (Å²) in [5.74, 6) is 0. The molecular formula is C13H12BCl. The topological polar surface area (TPSA) is 0 Å². The van der Waals surface area contributed by atoms with Crippen molar-refractivity contribution in [1.82, 2.24) is 0 Å². The lowest BCUT2D eigenvalue weighted by atomic mass is 9.43. The minimum absolute atomic E-state index is 0.420. The van der Waals surface area contributed by atoms with Crippen LogP contribution < -0.4 is 10.9 Å². The van der Waals surface area contributed by atoms with E-state index in [-0.39, 0.29) is 0 Å². The fraction of sp³-hybridized carbons (Fsp3) is 0.0769. The number of halogens is 1. The summed E-state index contributed by atoms with van der Waals surface area (Å²) in [6.45, 7) is 2.63. The van der Waals surface area contributed by atoms with Crippen molar-refractivity contribution in [2.24, 2.45) is 0 Å². The SMILES string of the molecule is CB(c1ccccc1)c1ccc(Cl)cc1. The van der Waals surface area contributed by atoms with Crippen molar-refractivity contribution < 1.29 is 0 Å². The zero-order valence-corrected chi connectivity index (χ0v) is 9.41. The van der Waals surface area contributed by atoms with Gasteiger partial charge in [-0.15, -0.1) is 0 Å². The Morgan fingerprint density at radius 2 is 1.33 bits per heavy atom. The van der Waals surface area contributed by atoms with Crippen LogP contribution in [0.3, 0.4) is 0 Å². The summed E-state index contributed by atoms with van der Waals surface area (Å²) < 4.78 is 0. The maximum atomic E-state index is 5.86. The Labute approximate surface area is 96.0 Å². The van der Waals surface area contributed by atoms with Gasteiger partial charge in [0.25, 0.3) is 0 Å². The monoisotopic (exact) mass is 214 g/mol. The lowest BCUT2D eigenvalue weighted by molar-refractivity contribution is 1.72. The first-order valence-electron chi connectivity index (χ1n) is 5.08.